The van der Waals surface area contributed by atoms with Crippen LogP contribution in [-0.2, 0) is 13.5 Å². The third kappa shape index (κ3) is 3.41. The standard InChI is InChI=1S/C32H34GeNO/c1-19(2)16-27-25-11-9-8-10-23(25)20(3)29-31-30-26(14-15-34(31)7)24-13-12-22(33(4,5)6)17-21(24)18-28(30)35-32(27)29/h8-15,17-19H,16H2,1-7H3/q+1. The summed E-state index contributed by atoms with van der Waals surface area (Å²) >= 11 is -1.95. The third-order valence-electron chi connectivity index (χ3n) is 7.66. The first-order chi connectivity index (χ1) is 16.6. The van der Waals surface area contributed by atoms with Crippen LogP contribution in [0.25, 0.3) is 43.6 Å². The molecule has 4 aromatic carbocycles. The number of fused-ring (bicyclic) bond motifs is 5. The third-order valence-corrected chi connectivity index (χ3v) is 11.9. The second-order valence-corrected chi connectivity index (χ2v) is 22.3. The Morgan fingerprint density at radius 2 is 1.63 bits per heavy atom. The average Bonchev–Trinajstić information content (AvgIpc) is 2.81. The molecule has 0 atom stereocenters. The first-order valence-electron chi connectivity index (χ1n) is 12.8. The van der Waals surface area contributed by atoms with Crippen LogP contribution in [-0.4, -0.2) is 13.3 Å². The van der Waals surface area contributed by atoms with Gasteiger partial charge in [-0.2, -0.15) is 0 Å². The summed E-state index contributed by atoms with van der Waals surface area (Å²) < 4.78 is 10.8. The zero-order valence-electron chi connectivity index (χ0n) is 21.9. The van der Waals surface area contributed by atoms with Crippen LogP contribution in [0.5, 0.6) is 11.5 Å². The Hall–Kier alpha value is -2.85. The Kier molecular flexibility index (Phi) is 5.06. The number of pyridine rings is 1. The number of rotatable bonds is 3. The van der Waals surface area contributed by atoms with Crippen molar-refractivity contribution in [1.82, 2.24) is 0 Å². The number of hydrogen-bond acceptors (Lipinski definition) is 1. The molecule has 2 nitrogen and oxygen atoms in total. The topological polar surface area (TPSA) is 13.1 Å². The van der Waals surface area contributed by atoms with Gasteiger partial charge in [-0.05, 0) is 0 Å². The zero-order valence-corrected chi connectivity index (χ0v) is 24.0. The number of aromatic nitrogens is 1. The van der Waals surface area contributed by atoms with E-state index in [2.05, 4.69) is 110 Å². The maximum absolute atomic E-state index is 6.96. The fraction of sp³-hybridized carbons (Fsp3) is 0.281. The molecule has 2 heterocycles. The number of aryl methyl sites for hydroxylation is 2. The predicted octanol–water partition coefficient (Wildman–Crippen LogP) is 7.80. The van der Waals surface area contributed by atoms with Crippen molar-refractivity contribution in [2.45, 2.75) is 44.5 Å². The van der Waals surface area contributed by atoms with Crippen LogP contribution < -0.4 is 13.7 Å². The minimum absolute atomic E-state index is 0.539. The molecular weight excluding hydrogens is 487 g/mol. The molecule has 6 rings (SSSR count). The van der Waals surface area contributed by atoms with Gasteiger partial charge in [0.15, 0.2) is 0 Å². The van der Waals surface area contributed by atoms with Crippen molar-refractivity contribution in [2.24, 2.45) is 13.0 Å². The van der Waals surface area contributed by atoms with Crippen LogP contribution in [0.3, 0.4) is 0 Å². The van der Waals surface area contributed by atoms with Crippen molar-refractivity contribution in [1.29, 1.82) is 0 Å². The van der Waals surface area contributed by atoms with Crippen LogP contribution in [0.15, 0.2) is 60.8 Å². The summed E-state index contributed by atoms with van der Waals surface area (Å²) in [5, 5.41) is 7.76. The van der Waals surface area contributed by atoms with E-state index < -0.39 is 13.3 Å². The van der Waals surface area contributed by atoms with Gasteiger partial charge in [0.1, 0.15) is 0 Å². The van der Waals surface area contributed by atoms with Crippen molar-refractivity contribution in [3.8, 4) is 22.8 Å². The quantitative estimate of drug-likeness (QED) is 0.132. The molecule has 3 heteroatoms. The molecule has 1 aliphatic rings. The predicted molar refractivity (Wildman–Crippen MR) is 152 cm³/mol. The Morgan fingerprint density at radius 1 is 0.886 bits per heavy atom. The molecule has 0 saturated heterocycles. The van der Waals surface area contributed by atoms with E-state index in [1.54, 1.807) is 0 Å². The van der Waals surface area contributed by atoms with Crippen LogP contribution in [0.4, 0.5) is 0 Å². The van der Waals surface area contributed by atoms with Crippen LogP contribution in [0, 0.1) is 12.8 Å². The fourth-order valence-corrected chi connectivity index (χ4v) is 8.34. The molecule has 1 aliphatic heterocycles. The monoisotopic (exact) mass is 522 g/mol. The molecular formula is C32H34GeNO+. The van der Waals surface area contributed by atoms with Crippen molar-refractivity contribution in [2.75, 3.05) is 0 Å². The van der Waals surface area contributed by atoms with Gasteiger partial charge in [-0.25, -0.2) is 0 Å². The van der Waals surface area contributed by atoms with E-state index in [4.69, 9.17) is 4.74 Å². The molecule has 5 aromatic rings. The van der Waals surface area contributed by atoms with Gasteiger partial charge < -0.3 is 0 Å². The minimum atomic E-state index is -1.95. The van der Waals surface area contributed by atoms with Crippen LogP contribution in [0.1, 0.15) is 25.0 Å². The average molecular weight is 521 g/mol. The van der Waals surface area contributed by atoms with Gasteiger partial charge in [-0.3, -0.25) is 0 Å². The Balaban J connectivity index is 1.77. The summed E-state index contributed by atoms with van der Waals surface area (Å²) in [4.78, 5) is 0. The Bertz CT molecular complexity index is 1670. The zero-order chi connectivity index (χ0) is 24.6. The first kappa shape index (κ1) is 22.6. The van der Waals surface area contributed by atoms with Gasteiger partial charge in [0.05, 0.1) is 0 Å². The Labute approximate surface area is 210 Å². The molecule has 0 aliphatic carbocycles. The van der Waals surface area contributed by atoms with Gasteiger partial charge in [-0.1, -0.05) is 0 Å². The molecule has 0 fully saturated rings. The summed E-state index contributed by atoms with van der Waals surface area (Å²) in [6, 6.07) is 20.6. The van der Waals surface area contributed by atoms with E-state index in [1.165, 1.54) is 59.1 Å². The molecule has 0 N–H and O–H groups in total. The molecule has 0 amide bonds. The summed E-state index contributed by atoms with van der Waals surface area (Å²) in [5.41, 5.74) is 5.15. The first-order valence-corrected chi connectivity index (χ1v) is 20.1. The fourth-order valence-electron chi connectivity index (χ4n) is 5.88. The second kappa shape index (κ2) is 7.83. The number of benzene rings is 4. The van der Waals surface area contributed by atoms with E-state index in [-0.39, 0.29) is 0 Å². The summed E-state index contributed by atoms with van der Waals surface area (Å²) in [5.74, 6) is 9.96. The normalized spacial score (nSPS) is 13.0. The van der Waals surface area contributed by atoms with Crippen LogP contribution in [0.2, 0.25) is 17.3 Å². The molecule has 0 saturated carbocycles. The van der Waals surface area contributed by atoms with Gasteiger partial charge in [0.2, 0.25) is 0 Å². The van der Waals surface area contributed by atoms with Crippen molar-refractivity contribution >= 4 is 50.0 Å². The summed E-state index contributed by atoms with van der Waals surface area (Å²) in [6.07, 6.45) is 3.22. The molecule has 176 valence electrons. The summed E-state index contributed by atoms with van der Waals surface area (Å²) in [6.45, 7) is 6.85. The van der Waals surface area contributed by atoms with Gasteiger partial charge in [0, 0.05) is 0 Å². The maximum atomic E-state index is 6.96. The number of nitrogens with zero attached hydrogens (tertiary/aromatic N) is 1. The van der Waals surface area contributed by atoms with E-state index in [9.17, 15) is 0 Å². The van der Waals surface area contributed by atoms with E-state index >= 15 is 0 Å². The number of ether oxygens (including phenoxy) is 1. The van der Waals surface area contributed by atoms with E-state index in [1.807, 2.05) is 0 Å². The van der Waals surface area contributed by atoms with Crippen molar-refractivity contribution in [3.05, 3.63) is 71.9 Å². The van der Waals surface area contributed by atoms with Gasteiger partial charge in [-0.15, -0.1) is 0 Å². The van der Waals surface area contributed by atoms with Crippen molar-refractivity contribution < 1.29 is 9.30 Å². The van der Waals surface area contributed by atoms with E-state index in [0.29, 0.717) is 5.92 Å². The van der Waals surface area contributed by atoms with Crippen LogP contribution >= 0.6 is 0 Å². The molecule has 0 bridgehead atoms. The summed E-state index contributed by atoms with van der Waals surface area (Å²) in [7, 11) is 2.17. The SMILES string of the molecule is Cc1c2c(c(CC(C)C)c3ccccc13)Oc1cc3c[c]([Ge]([CH3])([CH3])[CH3])ccc3c3cc[n+](C)c-2c13. The van der Waals surface area contributed by atoms with Gasteiger partial charge >= 0.3 is 211 Å². The molecule has 0 spiro atoms. The second-order valence-electron chi connectivity index (χ2n) is 11.7. The molecule has 35 heavy (non-hydrogen) atoms. The molecule has 0 radical (unpaired) electrons. The number of hydrogen-bond donors (Lipinski definition) is 0. The molecule has 1 aromatic heterocycles. The van der Waals surface area contributed by atoms with Crippen molar-refractivity contribution in [3.63, 3.8) is 0 Å². The van der Waals surface area contributed by atoms with E-state index in [0.717, 1.165) is 17.9 Å². The Morgan fingerprint density at radius 3 is 2.34 bits per heavy atom. The molecule has 0 unspecified atom stereocenters. The van der Waals surface area contributed by atoms with Gasteiger partial charge in [0.25, 0.3) is 0 Å².